The number of aryl methyl sites for hydroxylation is 1. The lowest BCUT2D eigenvalue weighted by Crippen LogP contribution is -2.33. The normalized spacial score (nSPS) is 14.1. The standard InChI is InChI=1S/C30H28N10O2/c1-38-28-22(29(42)40(38)24-7-2-3-14-32-24)17-33-30(37-28)34-19-8-10-20(11-9-19)39-15-12-18(13-16-39)27-35-23-6-4-5-21(26(31)41)25(23)36-27/h2-11,14,17-18H,12-13,15-16H2,1H3,(H2,31,41)(H,35,36)(H,33,34,37). The number of rotatable bonds is 6. The number of nitrogens with one attached hydrogen (secondary N) is 2. The van der Waals surface area contributed by atoms with E-state index < -0.39 is 5.91 Å². The van der Waals surface area contributed by atoms with E-state index in [0.717, 1.165) is 48.6 Å². The average Bonchev–Trinajstić information content (AvgIpc) is 3.56. The molecule has 1 saturated heterocycles. The van der Waals surface area contributed by atoms with Crippen LogP contribution in [0.2, 0.25) is 0 Å². The van der Waals surface area contributed by atoms with Crippen molar-refractivity contribution < 1.29 is 4.79 Å². The first kappa shape index (κ1) is 25.4. The number of anilines is 3. The van der Waals surface area contributed by atoms with Gasteiger partial charge in [0.1, 0.15) is 11.2 Å². The van der Waals surface area contributed by atoms with Crippen LogP contribution in [0.4, 0.5) is 17.3 Å². The predicted octanol–water partition coefficient (Wildman–Crippen LogP) is 3.62. The maximum Gasteiger partial charge on any atom is 0.283 e. The highest BCUT2D eigenvalue weighted by Gasteiger charge is 2.24. The molecule has 0 aliphatic carbocycles. The van der Waals surface area contributed by atoms with Crippen molar-refractivity contribution in [2.45, 2.75) is 18.8 Å². The molecule has 0 bridgehead atoms. The number of para-hydroxylation sites is 1. The number of amides is 1. The summed E-state index contributed by atoms with van der Waals surface area (Å²) in [5, 5.41) is 3.67. The Kier molecular flexibility index (Phi) is 6.15. The van der Waals surface area contributed by atoms with Crippen LogP contribution in [0.5, 0.6) is 0 Å². The second-order valence-corrected chi connectivity index (χ2v) is 10.4. The predicted molar refractivity (Wildman–Crippen MR) is 160 cm³/mol. The molecule has 12 heteroatoms. The maximum absolute atomic E-state index is 13.0. The van der Waals surface area contributed by atoms with Crippen LogP contribution in [-0.2, 0) is 7.05 Å². The van der Waals surface area contributed by atoms with Gasteiger partial charge >= 0.3 is 0 Å². The summed E-state index contributed by atoms with van der Waals surface area (Å²) >= 11 is 0. The van der Waals surface area contributed by atoms with Crippen molar-refractivity contribution in [1.29, 1.82) is 0 Å². The van der Waals surface area contributed by atoms with Crippen LogP contribution < -0.4 is 21.5 Å². The van der Waals surface area contributed by atoms with Crippen molar-refractivity contribution in [3.63, 3.8) is 0 Å². The quantitative estimate of drug-likeness (QED) is 0.279. The molecule has 42 heavy (non-hydrogen) atoms. The second-order valence-electron chi connectivity index (χ2n) is 10.4. The number of H-pyrrole nitrogens is 1. The second kappa shape index (κ2) is 10.1. The maximum atomic E-state index is 13.0. The molecular weight excluding hydrogens is 532 g/mol. The summed E-state index contributed by atoms with van der Waals surface area (Å²) < 4.78 is 3.16. The molecule has 0 unspecified atom stereocenters. The van der Waals surface area contributed by atoms with E-state index in [2.05, 4.69) is 42.3 Å². The highest BCUT2D eigenvalue weighted by molar-refractivity contribution is 6.04. The minimum atomic E-state index is -0.457. The third-order valence-electron chi connectivity index (χ3n) is 7.84. The van der Waals surface area contributed by atoms with Crippen molar-refractivity contribution in [3.8, 4) is 5.82 Å². The van der Waals surface area contributed by atoms with E-state index in [-0.39, 0.29) is 11.5 Å². The zero-order valence-corrected chi connectivity index (χ0v) is 22.9. The van der Waals surface area contributed by atoms with Crippen LogP contribution in [0, 0.1) is 0 Å². The molecule has 0 atom stereocenters. The van der Waals surface area contributed by atoms with E-state index in [1.165, 1.54) is 4.68 Å². The third kappa shape index (κ3) is 4.42. The number of fused-ring (bicyclic) bond motifs is 2. The molecule has 1 aliphatic heterocycles. The number of primary amides is 1. The number of aromatic nitrogens is 7. The largest absolute Gasteiger partial charge is 0.371 e. The molecule has 2 aromatic carbocycles. The Morgan fingerprint density at radius 2 is 1.81 bits per heavy atom. The van der Waals surface area contributed by atoms with Gasteiger partial charge in [0.2, 0.25) is 5.95 Å². The number of pyridine rings is 1. The van der Waals surface area contributed by atoms with E-state index in [1.807, 2.05) is 24.3 Å². The minimum absolute atomic E-state index is 0.221. The average molecular weight is 561 g/mol. The Morgan fingerprint density at radius 1 is 1.00 bits per heavy atom. The van der Waals surface area contributed by atoms with Crippen molar-refractivity contribution >= 4 is 45.3 Å². The van der Waals surface area contributed by atoms with Gasteiger partial charge in [-0.1, -0.05) is 12.1 Å². The third-order valence-corrected chi connectivity index (χ3v) is 7.84. The SMILES string of the molecule is Cn1c2nc(Nc3ccc(N4CCC(c5nc6cccc(C(N)=O)c6[nH]5)CC4)cc3)ncc2c(=O)n1-c1ccccn1. The molecule has 0 spiro atoms. The molecule has 1 aliphatic rings. The van der Waals surface area contributed by atoms with E-state index in [4.69, 9.17) is 10.7 Å². The van der Waals surface area contributed by atoms with Crippen LogP contribution in [-0.4, -0.2) is 53.3 Å². The zero-order valence-electron chi connectivity index (χ0n) is 22.9. The molecule has 4 aromatic heterocycles. The van der Waals surface area contributed by atoms with E-state index in [0.29, 0.717) is 33.9 Å². The minimum Gasteiger partial charge on any atom is -0.371 e. The summed E-state index contributed by atoms with van der Waals surface area (Å²) in [7, 11) is 1.78. The smallest absolute Gasteiger partial charge is 0.283 e. The molecular formula is C30H28N10O2. The van der Waals surface area contributed by atoms with Crippen LogP contribution >= 0.6 is 0 Å². The van der Waals surface area contributed by atoms with Crippen LogP contribution in [0.15, 0.2) is 77.9 Å². The Morgan fingerprint density at radius 3 is 2.55 bits per heavy atom. The Hall–Kier alpha value is -5.52. The summed E-state index contributed by atoms with van der Waals surface area (Å²) in [4.78, 5) is 48.5. The number of carbonyl (C=O) groups is 1. The number of nitrogens with two attached hydrogens (primary N) is 1. The van der Waals surface area contributed by atoms with E-state index in [9.17, 15) is 9.59 Å². The van der Waals surface area contributed by atoms with Crippen LogP contribution in [0.25, 0.3) is 27.9 Å². The molecule has 0 saturated carbocycles. The van der Waals surface area contributed by atoms with E-state index >= 15 is 0 Å². The first-order valence-corrected chi connectivity index (χ1v) is 13.7. The Balaban J connectivity index is 1.03. The summed E-state index contributed by atoms with van der Waals surface area (Å²) in [6.45, 7) is 1.77. The van der Waals surface area contributed by atoms with Crippen molar-refractivity contribution in [3.05, 3.63) is 94.8 Å². The number of nitrogens with zero attached hydrogens (tertiary/aromatic N) is 7. The number of hydrogen-bond acceptors (Lipinski definition) is 8. The lowest BCUT2D eigenvalue weighted by atomic mass is 9.96. The number of piperidine rings is 1. The lowest BCUT2D eigenvalue weighted by Gasteiger charge is -2.33. The monoisotopic (exact) mass is 560 g/mol. The lowest BCUT2D eigenvalue weighted by molar-refractivity contribution is 0.100. The number of aromatic amines is 1. The van der Waals surface area contributed by atoms with Crippen LogP contribution in [0.1, 0.15) is 34.9 Å². The molecule has 4 N–H and O–H groups in total. The first-order valence-electron chi connectivity index (χ1n) is 13.7. The molecule has 5 heterocycles. The van der Waals surface area contributed by atoms with Gasteiger partial charge in [-0.25, -0.2) is 15.0 Å². The van der Waals surface area contributed by atoms with E-state index in [1.54, 1.807) is 48.4 Å². The number of benzene rings is 2. The highest BCUT2D eigenvalue weighted by atomic mass is 16.1. The summed E-state index contributed by atoms with van der Waals surface area (Å²) in [5.41, 5.74) is 9.75. The fourth-order valence-corrected chi connectivity index (χ4v) is 5.66. The van der Waals surface area contributed by atoms with Gasteiger partial charge in [-0.05, 0) is 61.4 Å². The topological polar surface area (TPSA) is 153 Å². The summed E-state index contributed by atoms with van der Waals surface area (Å²) in [6, 6.07) is 19.0. The fourth-order valence-electron chi connectivity index (χ4n) is 5.66. The van der Waals surface area contributed by atoms with Gasteiger partial charge < -0.3 is 20.9 Å². The van der Waals surface area contributed by atoms with Gasteiger partial charge in [0.25, 0.3) is 11.5 Å². The summed E-state index contributed by atoms with van der Waals surface area (Å²) in [6.07, 6.45) is 5.07. The summed E-state index contributed by atoms with van der Waals surface area (Å²) in [5.74, 6) is 1.65. The van der Waals surface area contributed by atoms with Crippen molar-refractivity contribution in [2.75, 3.05) is 23.3 Å². The van der Waals surface area contributed by atoms with Gasteiger partial charge in [-0.3, -0.25) is 14.3 Å². The van der Waals surface area contributed by atoms with Gasteiger partial charge in [0.05, 0.1) is 16.6 Å². The molecule has 210 valence electrons. The molecule has 6 aromatic rings. The molecule has 7 rings (SSSR count). The molecule has 12 nitrogen and oxygen atoms in total. The van der Waals surface area contributed by atoms with Gasteiger partial charge in [-0.2, -0.15) is 9.67 Å². The first-order chi connectivity index (χ1) is 20.5. The zero-order chi connectivity index (χ0) is 28.8. The van der Waals surface area contributed by atoms with Gasteiger partial charge in [-0.15, -0.1) is 0 Å². The van der Waals surface area contributed by atoms with Gasteiger partial charge in [0, 0.05) is 49.8 Å². The van der Waals surface area contributed by atoms with Crippen molar-refractivity contribution in [1.82, 2.24) is 34.3 Å². The van der Waals surface area contributed by atoms with Crippen molar-refractivity contribution in [2.24, 2.45) is 12.8 Å². The number of hydrogen-bond donors (Lipinski definition) is 3. The highest BCUT2D eigenvalue weighted by Crippen LogP contribution is 2.31. The van der Waals surface area contributed by atoms with Gasteiger partial charge in [0.15, 0.2) is 11.5 Å². The molecule has 1 fully saturated rings. The fraction of sp³-hybridized carbons (Fsp3) is 0.200. The molecule has 0 radical (unpaired) electrons. The molecule has 1 amide bonds. The number of carbonyl (C=O) groups excluding carboxylic acids is 1. The number of imidazole rings is 1. The Labute approximate surface area is 239 Å². The van der Waals surface area contributed by atoms with Crippen LogP contribution in [0.3, 0.4) is 0 Å². The Bertz CT molecular complexity index is 1980.